The number of rotatable bonds is 2. The summed E-state index contributed by atoms with van der Waals surface area (Å²) in [4.78, 5) is 9.02. The number of nitrogens with zero attached hydrogens (tertiary/aromatic N) is 2. The third kappa shape index (κ3) is 3.11. The van der Waals surface area contributed by atoms with Gasteiger partial charge in [0.15, 0.2) is 5.82 Å². The van der Waals surface area contributed by atoms with Crippen LogP contribution in [-0.2, 0) is 0 Å². The molecule has 0 bridgehead atoms. The van der Waals surface area contributed by atoms with Crippen molar-refractivity contribution >= 4 is 29.4 Å². The minimum absolute atomic E-state index is 0.708. The molecule has 0 amide bonds. The largest absolute Gasteiger partial charge is 0.244 e. The molecule has 0 atom stereocenters. The first kappa shape index (κ1) is 12.0. The van der Waals surface area contributed by atoms with E-state index in [1.54, 1.807) is 11.3 Å². The molecule has 0 aromatic carbocycles. The van der Waals surface area contributed by atoms with Gasteiger partial charge in [-0.1, -0.05) is 20.4 Å². The number of thiazole rings is 1. The molecule has 0 unspecified atom stereocenters. The first-order chi connectivity index (χ1) is 6.15. The van der Waals surface area contributed by atoms with E-state index in [1.807, 2.05) is 27.7 Å². The van der Waals surface area contributed by atoms with Crippen molar-refractivity contribution in [2.24, 2.45) is 4.99 Å². The predicted octanol–water partition coefficient (Wildman–Crippen LogP) is 3.84. The molecule has 0 radical (unpaired) electrons. The van der Waals surface area contributed by atoms with Crippen molar-refractivity contribution in [1.82, 2.24) is 4.98 Å². The fourth-order valence-electron chi connectivity index (χ4n) is 0.801. The normalized spacial score (nSPS) is 8.62. The number of aryl methyl sites for hydroxylation is 1. The molecule has 0 N–H and O–H groups in total. The number of hydrogen-bond donors (Lipinski definition) is 0. The van der Waals surface area contributed by atoms with E-state index < -0.39 is 0 Å². The second kappa shape index (κ2) is 5.65. The molecule has 0 fully saturated rings. The average Bonchev–Trinajstić information content (AvgIpc) is 2.50. The second-order valence-corrected chi connectivity index (χ2v) is 3.53. The molecule has 0 aliphatic heterocycles. The molecular weight excluding hydrogens is 180 g/mol. The predicted molar refractivity (Wildman–Crippen MR) is 62.1 cm³/mol. The van der Waals surface area contributed by atoms with Crippen molar-refractivity contribution in [1.29, 1.82) is 0 Å². The molecule has 0 aliphatic carbocycles. The number of aliphatic imine (C=N–C) groups is 1. The Morgan fingerprint density at radius 2 is 2.00 bits per heavy atom. The van der Waals surface area contributed by atoms with Crippen LogP contribution >= 0.6 is 11.3 Å². The molecule has 0 saturated carbocycles. The van der Waals surface area contributed by atoms with Gasteiger partial charge >= 0.3 is 0 Å². The Kier molecular flexibility index (Phi) is 5.23. The van der Waals surface area contributed by atoms with Crippen LogP contribution in [0.3, 0.4) is 0 Å². The van der Waals surface area contributed by atoms with Crippen molar-refractivity contribution in [3.63, 3.8) is 0 Å². The molecule has 3 heteroatoms. The molecule has 0 saturated heterocycles. The van der Waals surface area contributed by atoms with Crippen molar-refractivity contribution in [3.05, 3.63) is 16.5 Å². The van der Waals surface area contributed by atoms with Crippen LogP contribution in [0, 0.1) is 6.92 Å². The second-order valence-electron chi connectivity index (χ2n) is 2.32. The number of hydrogen-bond acceptors (Lipinski definition) is 3. The smallest absolute Gasteiger partial charge is 0.170 e. The Labute approximate surface area is 84.1 Å². The maximum atomic E-state index is 4.18. The van der Waals surface area contributed by atoms with E-state index in [0.717, 1.165) is 15.5 Å². The van der Waals surface area contributed by atoms with Crippen molar-refractivity contribution in [3.8, 4) is 0 Å². The molecule has 0 aliphatic rings. The van der Waals surface area contributed by atoms with Gasteiger partial charge in [-0.15, -0.1) is 11.3 Å². The van der Waals surface area contributed by atoms with Crippen LogP contribution in [0.1, 0.15) is 30.7 Å². The average molecular weight is 196 g/mol. The van der Waals surface area contributed by atoms with E-state index >= 15 is 0 Å². The molecule has 1 rings (SSSR count). The molecule has 1 heterocycles. The van der Waals surface area contributed by atoms with Gasteiger partial charge in [0, 0.05) is 0 Å². The van der Waals surface area contributed by atoms with Gasteiger partial charge in [0.25, 0.3) is 0 Å². The van der Waals surface area contributed by atoms with E-state index in [1.165, 1.54) is 0 Å². The van der Waals surface area contributed by atoms with Crippen LogP contribution < -0.4 is 0 Å². The fourth-order valence-corrected chi connectivity index (χ4v) is 1.60. The number of allylic oxidation sites excluding steroid dienone is 1. The highest BCUT2D eigenvalue weighted by molar-refractivity contribution is 7.13. The van der Waals surface area contributed by atoms with Gasteiger partial charge in [0.2, 0.25) is 0 Å². The summed E-state index contributed by atoms with van der Waals surface area (Å²) >= 11 is 1.60. The summed E-state index contributed by atoms with van der Waals surface area (Å²) in [5, 5.41) is 1.01. The zero-order valence-corrected chi connectivity index (χ0v) is 9.53. The van der Waals surface area contributed by atoms with Gasteiger partial charge in [-0.25, -0.2) is 9.98 Å². The minimum Gasteiger partial charge on any atom is -0.244 e. The van der Waals surface area contributed by atoms with E-state index in [9.17, 15) is 0 Å². The highest BCUT2D eigenvalue weighted by Crippen LogP contribution is 2.30. The minimum atomic E-state index is 0.708. The highest BCUT2D eigenvalue weighted by Gasteiger charge is 2.06. The zero-order valence-electron chi connectivity index (χ0n) is 8.72. The van der Waals surface area contributed by atoms with Crippen molar-refractivity contribution in [2.45, 2.75) is 27.7 Å². The van der Waals surface area contributed by atoms with Crippen LogP contribution in [0.15, 0.2) is 11.6 Å². The van der Waals surface area contributed by atoms with Gasteiger partial charge in [0.05, 0.1) is 9.88 Å². The topological polar surface area (TPSA) is 25.2 Å². The van der Waals surface area contributed by atoms with Crippen LogP contribution in [0.5, 0.6) is 0 Å². The molecule has 2 nitrogen and oxygen atoms in total. The summed E-state index contributed by atoms with van der Waals surface area (Å²) < 4.78 is 0. The summed E-state index contributed by atoms with van der Waals surface area (Å²) in [5.74, 6) is 0.708. The monoisotopic (exact) mass is 196 g/mol. The van der Waals surface area contributed by atoms with Crippen molar-refractivity contribution in [2.75, 3.05) is 0 Å². The van der Waals surface area contributed by atoms with E-state index in [2.05, 4.69) is 23.3 Å². The molecule has 72 valence electrons. The van der Waals surface area contributed by atoms with Gasteiger partial charge in [0.1, 0.15) is 0 Å². The quantitative estimate of drug-likeness (QED) is 0.660. The molecule has 1 aromatic heterocycles. The summed E-state index contributed by atoms with van der Waals surface area (Å²) in [5.41, 5.74) is 0.998. The third-order valence-electron chi connectivity index (χ3n) is 1.25. The lowest BCUT2D eigenvalue weighted by Crippen LogP contribution is -1.70. The fraction of sp³-hybridized carbons (Fsp3) is 0.400. The Bertz CT molecular complexity index is 300. The molecular formula is C10H16N2S. The lowest BCUT2D eigenvalue weighted by Gasteiger charge is -1.91. The summed E-state index contributed by atoms with van der Waals surface area (Å²) in [7, 11) is 0. The van der Waals surface area contributed by atoms with Gasteiger partial charge < -0.3 is 0 Å². The lowest BCUT2D eigenvalue weighted by atomic mass is 10.3. The lowest BCUT2D eigenvalue weighted by molar-refractivity contribution is 1.26. The van der Waals surface area contributed by atoms with Gasteiger partial charge in [-0.3, -0.25) is 0 Å². The maximum absolute atomic E-state index is 4.18. The van der Waals surface area contributed by atoms with Crippen molar-refractivity contribution < 1.29 is 0 Å². The molecule has 1 aromatic rings. The number of aromatic nitrogens is 1. The van der Waals surface area contributed by atoms with E-state index in [0.29, 0.717) is 5.82 Å². The SMILES string of the molecule is C=Nc1nc(C)sc1C(=C)C.CC. The van der Waals surface area contributed by atoms with E-state index in [4.69, 9.17) is 0 Å². The van der Waals surface area contributed by atoms with Crippen LogP contribution in [0.2, 0.25) is 0 Å². The molecule has 13 heavy (non-hydrogen) atoms. The van der Waals surface area contributed by atoms with E-state index in [-0.39, 0.29) is 0 Å². The maximum Gasteiger partial charge on any atom is 0.170 e. The zero-order chi connectivity index (χ0) is 10.4. The molecule has 0 spiro atoms. The van der Waals surface area contributed by atoms with Gasteiger partial charge in [-0.2, -0.15) is 0 Å². The first-order valence-corrected chi connectivity index (χ1v) is 5.07. The van der Waals surface area contributed by atoms with Crippen LogP contribution in [0.25, 0.3) is 5.57 Å². The standard InChI is InChI=1S/C8H10N2S.C2H6/c1-5(2)7-8(9-4)10-6(3)11-7;1-2/h1,4H2,2-3H3;1-2H3. The Morgan fingerprint density at radius 3 is 2.31 bits per heavy atom. The summed E-state index contributed by atoms with van der Waals surface area (Å²) in [6.07, 6.45) is 0. The van der Waals surface area contributed by atoms with Crippen LogP contribution in [-0.4, -0.2) is 11.7 Å². The van der Waals surface area contributed by atoms with Gasteiger partial charge in [-0.05, 0) is 26.1 Å². The summed E-state index contributed by atoms with van der Waals surface area (Å²) in [6, 6.07) is 0. The highest BCUT2D eigenvalue weighted by atomic mass is 32.1. The summed E-state index contributed by atoms with van der Waals surface area (Å²) in [6.45, 7) is 15.2. The van der Waals surface area contributed by atoms with Crippen LogP contribution in [0.4, 0.5) is 5.82 Å². The Balaban J connectivity index is 0.000000671. The third-order valence-corrected chi connectivity index (χ3v) is 2.38. The first-order valence-electron chi connectivity index (χ1n) is 4.25. The Hall–Kier alpha value is -0.960. The Morgan fingerprint density at radius 1 is 1.46 bits per heavy atom.